The fourth-order valence-electron chi connectivity index (χ4n) is 4.60. The van der Waals surface area contributed by atoms with Crippen molar-refractivity contribution in [1.82, 2.24) is 0 Å². The fourth-order valence-corrected chi connectivity index (χ4v) is 4.60. The van der Waals surface area contributed by atoms with Gasteiger partial charge >= 0.3 is 0 Å². The Kier molecular flexibility index (Phi) is 13.7. The lowest BCUT2D eigenvalue weighted by atomic mass is 9.79. The second-order valence-electron chi connectivity index (χ2n) is 9.37. The van der Waals surface area contributed by atoms with Crippen molar-refractivity contribution in [1.29, 1.82) is 0 Å². The molecule has 0 atom stereocenters. The van der Waals surface area contributed by atoms with Crippen molar-refractivity contribution in [3.8, 4) is 5.75 Å². The highest BCUT2D eigenvalue weighted by molar-refractivity contribution is 5.34. The summed E-state index contributed by atoms with van der Waals surface area (Å²) in [5.41, 5.74) is 1.27. The first-order valence-electron chi connectivity index (χ1n) is 13.1. The minimum Gasteiger partial charge on any atom is -0.494 e. The Morgan fingerprint density at radius 3 is 2.10 bits per heavy atom. The predicted molar refractivity (Wildman–Crippen MR) is 132 cm³/mol. The highest BCUT2D eigenvalue weighted by Crippen LogP contribution is 2.32. The van der Waals surface area contributed by atoms with Crippen LogP contribution in [0.2, 0.25) is 0 Å². The molecule has 0 amide bonds. The maximum atomic E-state index is 5.90. The lowest BCUT2D eigenvalue weighted by Gasteiger charge is -2.26. The second-order valence-corrected chi connectivity index (χ2v) is 9.37. The van der Waals surface area contributed by atoms with Gasteiger partial charge in [-0.25, -0.2) is 0 Å². The van der Waals surface area contributed by atoms with Crippen molar-refractivity contribution in [3.63, 3.8) is 0 Å². The van der Waals surface area contributed by atoms with Crippen LogP contribution in [0.25, 0.3) is 0 Å². The van der Waals surface area contributed by atoms with E-state index in [1.54, 1.807) is 0 Å². The molecular weight excluding hydrogens is 364 g/mol. The van der Waals surface area contributed by atoms with Gasteiger partial charge in [-0.3, -0.25) is 0 Å². The SMILES string of the molecule is CCCCCCCCCOc1ccc([CH]/C=C/[C@H]2CC[C@H](CCCCC)CC2)cc1. The van der Waals surface area contributed by atoms with Gasteiger partial charge in [0.1, 0.15) is 5.75 Å². The molecule has 2 rings (SSSR count). The van der Waals surface area contributed by atoms with E-state index >= 15 is 0 Å². The first-order valence-corrected chi connectivity index (χ1v) is 13.1. The van der Waals surface area contributed by atoms with Gasteiger partial charge in [-0.2, -0.15) is 0 Å². The first-order chi connectivity index (χ1) is 14.8. The molecule has 1 aliphatic rings. The van der Waals surface area contributed by atoms with E-state index in [9.17, 15) is 0 Å². The second kappa shape index (κ2) is 16.5. The summed E-state index contributed by atoms with van der Waals surface area (Å²) in [5.74, 6) is 2.79. The van der Waals surface area contributed by atoms with E-state index in [1.807, 2.05) is 0 Å². The minimum absolute atomic E-state index is 0.785. The largest absolute Gasteiger partial charge is 0.494 e. The van der Waals surface area contributed by atoms with Gasteiger partial charge in [0.05, 0.1) is 6.61 Å². The molecule has 1 heteroatoms. The first kappa shape index (κ1) is 25.0. The molecule has 0 heterocycles. The summed E-state index contributed by atoms with van der Waals surface area (Å²) in [4.78, 5) is 0. The molecule has 1 aromatic carbocycles. The van der Waals surface area contributed by atoms with E-state index < -0.39 is 0 Å². The Morgan fingerprint density at radius 1 is 0.767 bits per heavy atom. The van der Waals surface area contributed by atoms with Crippen LogP contribution in [0.1, 0.15) is 116 Å². The quantitative estimate of drug-likeness (QED) is 0.246. The van der Waals surface area contributed by atoms with Gasteiger partial charge < -0.3 is 4.74 Å². The third-order valence-electron chi connectivity index (χ3n) is 6.68. The van der Waals surface area contributed by atoms with Gasteiger partial charge in [0, 0.05) is 6.42 Å². The molecule has 0 unspecified atom stereocenters. The normalized spacial score (nSPS) is 19.4. The van der Waals surface area contributed by atoms with Gasteiger partial charge in [0.25, 0.3) is 0 Å². The summed E-state index contributed by atoms with van der Waals surface area (Å²) in [6, 6.07) is 8.58. The molecule has 0 saturated heterocycles. The van der Waals surface area contributed by atoms with Gasteiger partial charge in [-0.1, -0.05) is 102 Å². The summed E-state index contributed by atoms with van der Waals surface area (Å²) in [6.07, 6.45) is 27.5. The summed E-state index contributed by atoms with van der Waals surface area (Å²) < 4.78 is 5.90. The van der Waals surface area contributed by atoms with Crippen LogP contribution in [-0.4, -0.2) is 6.61 Å². The van der Waals surface area contributed by atoms with E-state index in [2.05, 4.69) is 56.7 Å². The van der Waals surface area contributed by atoms with Gasteiger partial charge in [-0.15, -0.1) is 0 Å². The summed E-state index contributed by atoms with van der Waals surface area (Å²) in [5, 5.41) is 0. The molecule has 1 radical (unpaired) electrons. The average molecular weight is 412 g/mol. The zero-order valence-electron chi connectivity index (χ0n) is 19.9. The Bertz CT molecular complexity index is 536. The van der Waals surface area contributed by atoms with E-state index in [0.717, 1.165) is 24.2 Å². The van der Waals surface area contributed by atoms with Crippen LogP contribution in [0.5, 0.6) is 5.75 Å². The molecule has 1 fully saturated rings. The number of rotatable bonds is 16. The number of hydrogen-bond donors (Lipinski definition) is 0. The standard InChI is InChI=1S/C29H47O/c1-3-5-7-8-9-10-12-25-30-29-23-21-28(22-24-29)16-13-15-27-19-17-26(18-20-27)14-11-6-4-2/h13,15-16,21-24,26-27H,3-12,14,17-20,25H2,1-2H3/b15-13+/t26-,27-. The molecule has 0 aromatic heterocycles. The minimum atomic E-state index is 0.785. The van der Waals surface area contributed by atoms with E-state index in [1.165, 1.54) is 102 Å². The third-order valence-corrected chi connectivity index (χ3v) is 6.68. The van der Waals surface area contributed by atoms with E-state index in [4.69, 9.17) is 4.74 Å². The molecule has 0 aliphatic heterocycles. The average Bonchev–Trinajstić information content (AvgIpc) is 2.78. The highest BCUT2D eigenvalue weighted by Gasteiger charge is 2.18. The lowest BCUT2D eigenvalue weighted by molar-refractivity contribution is 0.289. The number of hydrogen-bond acceptors (Lipinski definition) is 1. The summed E-state index contributed by atoms with van der Waals surface area (Å²) in [6.45, 7) is 5.42. The maximum absolute atomic E-state index is 5.90. The molecule has 1 aliphatic carbocycles. The predicted octanol–water partition coefficient (Wildman–Crippen LogP) is 9.31. The van der Waals surface area contributed by atoms with E-state index in [-0.39, 0.29) is 0 Å². The summed E-state index contributed by atoms with van der Waals surface area (Å²) in [7, 11) is 0. The van der Waals surface area contributed by atoms with Crippen molar-refractivity contribution in [2.75, 3.05) is 6.61 Å². The van der Waals surface area contributed by atoms with Gasteiger partial charge in [0.2, 0.25) is 0 Å². The third kappa shape index (κ3) is 11.2. The Labute approximate surface area is 187 Å². The van der Waals surface area contributed by atoms with Crippen molar-refractivity contribution >= 4 is 0 Å². The Balaban J connectivity index is 1.54. The molecular formula is C29H47O. The van der Waals surface area contributed by atoms with Gasteiger partial charge in [0.15, 0.2) is 0 Å². The number of benzene rings is 1. The van der Waals surface area contributed by atoms with Crippen LogP contribution in [0.4, 0.5) is 0 Å². The Morgan fingerprint density at radius 2 is 1.40 bits per heavy atom. The van der Waals surface area contributed by atoms with Crippen molar-refractivity contribution in [2.45, 2.75) is 110 Å². The summed E-state index contributed by atoms with van der Waals surface area (Å²) >= 11 is 0. The Hall–Kier alpha value is -1.24. The molecule has 169 valence electrons. The highest BCUT2D eigenvalue weighted by atomic mass is 16.5. The van der Waals surface area contributed by atoms with Crippen LogP contribution in [0.3, 0.4) is 0 Å². The molecule has 1 nitrogen and oxygen atoms in total. The van der Waals surface area contributed by atoms with Crippen LogP contribution in [0.15, 0.2) is 36.4 Å². The zero-order valence-corrected chi connectivity index (χ0v) is 19.9. The van der Waals surface area contributed by atoms with Crippen LogP contribution < -0.4 is 4.74 Å². The van der Waals surface area contributed by atoms with Gasteiger partial charge in [-0.05, 0) is 61.6 Å². The van der Waals surface area contributed by atoms with Crippen molar-refractivity contribution in [2.24, 2.45) is 11.8 Å². The van der Waals surface area contributed by atoms with Crippen LogP contribution in [0, 0.1) is 18.3 Å². The topological polar surface area (TPSA) is 9.23 Å². The molecule has 1 aromatic rings. The molecule has 0 N–H and O–H groups in total. The molecule has 0 spiro atoms. The molecule has 0 bridgehead atoms. The molecule has 1 saturated carbocycles. The van der Waals surface area contributed by atoms with Crippen molar-refractivity contribution < 1.29 is 4.74 Å². The van der Waals surface area contributed by atoms with E-state index in [0.29, 0.717) is 0 Å². The number of allylic oxidation sites excluding steroid dienone is 2. The number of unbranched alkanes of at least 4 members (excludes halogenated alkanes) is 8. The van der Waals surface area contributed by atoms with Crippen LogP contribution >= 0.6 is 0 Å². The zero-order chi connectivity index (χ0) is 21.3. The fraction of sp³-hybridized carbons (Fsp3) is 0.690. The number of ether oxygens (including phenoxy) is 1. The smallest absolute Gasteiger partial charge is 0.119 e. The van der Waals surface area contributed by atoms with Crippen LogP contribution in [-0.2, 0) is 0 Å². The monoisotopic (exact) mass is 411 g/mol. The molecule has 30 heavy (non-hydrogen) atoms. The lowest BCUT2D eigenvalue weighted by Crippen LogP contribution is -2.13. The van der Waals surface area contributed by atoms with Crippen molar-refractivity contribution in [3.05, 3.63) is 48.4 Å². The maximum Gasteiger partial charge on any atom is 0.119 e.